The summed E-state index contributed by atoms with van der Waals surface area (Å²) in [7, 11) is 0. The molecule has 0 amide bonds. The first-order chi connectivity index (χ1) is 10.6. The van der Waals surface area contributed by atoms with Crippen molar-refractivity contribution < 1.29 is 14.6 Å². The van der Waals surface area contributed by atoms with Crippen LogP contribution in [-0.4, -0.2) is 35.8 Å². The van der Waals surface area contributed by atoms with Crippen molar-refractivity contribution in [1.82, 2.24) is 4.98 Å². The topological polar surface area (TPSA) is 62.7 Å². The van der Waals surface area contributed by atoms with Gasteiger partial charge in [-0.2, -0.15) is 0 Å². The summed E-state index contributed by atoms with van der Waals surface area (Å²) in [6.07, 6.45) is -0.0541. The van der Waals surface area contributed by atoms with Gasteiger partial charge in [-0.05, 0) is 29.8 Å². The van der Waals surface area contributed by atoms with Crippen molar-refractivity contribution in [2.75, 3.05) is 24.6 Å². The molecule has 0 aliphatic carbocycles. The van der Waals surface area contributed by atoms with Gasteiger partial charge in [-0.15, -0.1) is 0 Å². The van der Waals surface area contributed by atoms with E-state index in [1.807, 2.05) is 30.3 Å². The van der Waals surface area contributed by atoms with Crippen molar-refractivity contribution in [3.8, 4) is 0 Å². The van der Waals surface area contributed by atoms with Crippen LogP contribution in [0.5, 0.6) is 0 Å². The fraction of sp³-hybridized carbons (Fsp3) is 0.250. The summed E-state index contributed by atoms with van der Waals surface area (Å²) < 4.78 is 6.85. The molecule has 114 valence electrons. The number of halogens is 1. The highest BCUT2D eigenvalue weighted by atomic mass is 79.9. The fourth-order valence-corrected chi connectivity index (χ4v) is 2.90. The summed E-state index contributed by atoms with van der Waals surface area (Å²) in [5.41, 5.74) is 1.15. The number of carboxylic acids is 1. The van der Waals surface area contributed by atoms with Gasteiger partial charge in [-0.1, -0.05) is 34.1 Å². The highest BCUT2D eigenvalue weighted by molar-refractivity contribution is 9.10. The van der Waals surface area contributed by atoms with E-state index in [1.165, 1.54) is 6.07 Å². The minimum absolute atomic E-state index is 0.0541. The van der Waals surface area contributed by atoms with Gasteiger partial charge in [-0.3, -0.25) is 0 Å². The highest BCUT2D eigenvalue weighted by Crippen LogP contribution is 2.27. The Labute approximate surface area is 136 Å². The number of aromatic carboxylic acids is 1. The number of pyridine rings is 1. The average Bonchev–Trinajstić information content (AvgIpc) is 2.55. The largest absolute Gasteiger partial charge is 0.477 e. The second kappa shape index (κ2) is 6.46. The summed E-state index contributed by atoms with van der Waals surface area (Å²) in [4.78, 5) is 17.3. The number of hydrogen-bond donors (Lipinski definition) is 1. The number of aromatic nitrogens is 1. The first-order valence-electron chi connectivity index (χ1n) is 6.96. The second-order valence-corrected chi connectivity index (χ2v) is 5.96. The second-order valence-electron chi connectivity index (χ2n) is 5.05. The van der Waals surface area contributed by atoms with Gasteiger partial charge in [0.2, 0.25) is 0 Å². The Bertz CT molecular complexity index is 693. The van der Waals surface area contributed by atoms with E-state index in [2.05, 4.69) is 25.8 Å². The molecule has 1 aliphatic rings. The van der Waals surface area contributed by atoms with Gasteiger partial charge in [0.05, 0.1) is 6.61 Å². The van der Waals surface area contributed by atoms with Crippen molar-refractivity contribution in [2.24, 2.45) is 0 Å². The molecule has 1 atom stereocenters. The normalized spacial score (nSPS) is 18.2. The van der Waals surface area contributed by atoms with Crippen LogP contribution in [0, 0.1) is 0 Å². The summed E-state index contributed by atoms with van der Waals surface area (Å²) in [6.45, 7) is 1.92. The molecule has 2 aromatic rings. The Hall–Kier alpha value is -1.92. The van der Waals surface area contributed by atoms with Gasteiger partial charge in [0.1, 0.15) is 11.9 Å². The lowest BCUT2D eigenvalue weighted by Crippen LogP contribution is -2.39. The molecule has 1 aliphatic heterocycles. The van der Waals surface area contributed by atoms with Gasteiger partial charge in [0.15, 0.2) is 5.69 Å². The molecule has 1 saturated heterocycles. The smallest absolute Gasteiger partial charge is 0.354 e. The van der Waals surface area contributed by atoms with Crippen molar-refractivity contribution >= 4 is 27.7 Å². The molecule has 0 bridgehead atoms. The van der Waals surface area contributed by atoms with Crippen molar-refractivity contribution in [3.63, 3.8) is 0 Å². The molecule has 3 rings (SSSR count). The van der Waals surface area contributed by atoms with E-state index in [1.54, 1.807) is 6.07 Å². The number of anilines is 1. The standard InChI is InChI=1S/C16H15BrN2O3/c17-12-4-1-3-11(9-12)14-10-19(7-8-22-14)15-6-2-5-13(18-15)16(20)21/h1-6,9,14H,7-8,10H2,(H,20,21). The molecule has 1 fully saturated rings. The van der Waals surface area contributed by atoms with E-state index in [-0.39, 0.29) is 11.8 Å². The predicted octanol–water partition coefficient (Wildman–Crippen LogP) is 3.12. The van der Waals surface area contributed by atoms with E-state index < -0.39 is 5.97 Å². The molecule has 5 nitrogen and oxygen atoms in total. The molecule has 1 N–H and O–H groups in total. The van der Waals surface area contributed by atoms with Crippen molar-refractivity contribution in [1.29, 1.82) is 0 Å². The molecule has 6 heteroatoms. The molecular formula is C16H15BrN2O3. The Morgan fingerprint density at radius 1 is 1.32 bits per heavy atom. The maximum atomic E-state index is 11.0. The minimum Gasteiger partial charge on any atom is -0.477 e. The van der Waals surface area contributed by atoms with Crippen molar-refractivity contribution in [2.45, 2.75) is 6.10 Å². The molecule has 0 spiro atoms. The maximum Gasteiger partial charge on any atom is 0.354 e. The van der Waals surface area contributed by atoms with Crippen LogP contribution in [0.25, 0.3) is 0 Å². The first kappa shape index (κ1) is 15.0. The maximum absolute atomic E-state index is 11.0. The van der Waals surface area contributed by atoms with Crippen LogP contribution in [0.1, 0.15) is 22.2 Å². The van der Waals surface area contributed by atoms with Crippen LogP contribution in [0.15, 0.2) is 46.9 Å². The minimum atomic E-state index is -1.02. The van der Waals surface area contributed by atoms with Gasteiger partial charge in [-0.25, -0.2) is 9.78 Å². The predicted molar refractivity (Wildman–Crippen MR) is 86.2 cm³/mol. The van der Waals surface area contributed by atoms with Gasteiger partial charge >= 0.3 is 5.97 Å². The summed E-state index contributed by atoms with van der Waals surface area (Å²) >= 11 is 3.47. The van der Waals surface area contributed by atoms with E-state index in [4.69, 9.17) is 9.84 Å². The first-order valence-corrected chi connectivity index (χ1v) is 7.75. The number of hydrogen-bond acceptors (Lipinski definition) is 4. The van der Waals surface area contributed by atoms with Crippen LogP contribution in [0.2, 0.25) is 0 Å². The molecule has 22 heavy (non-hydrogen) atoms. The Morgan fingerprint density at radius 3 is 2.91 bits per heavy atom. The molecule has 0 radical (unpaired) electrons. The van der Waals surface area contributed by atoms with Gasteiger partial charge < -0.3 is 14.7 Å². The number of rotatable bonds is 3. The van der Waals surface area contributed by atoms with Crippen LogP contribution in [-0.2, 0) is 4.74 Å². The molecule has 1 unspecified atom stereocenters. The monoisotopic (exact) mass is 362 g/mol. The summed E-state index contributed by atoms with van der Waals surface area (Å²) in [6, 6.07) is 13.1. The zero-order valence-electron chi connectivity index (χ0n) is 11.8. The Kier molecular flexibility index (Phi) is 4.40. The number of carboxylic acid groups (broad SMARTS) is 1. The lowest BCUT2D eigenvalue weighted by molar-refractivity contribution is 0.0395. The highest BCUT2D eigenvalue weighted by Gasteiger charge is 2.23. The van der Waals surface area contributed by atoms with Crippen LogP contribution in [0.3, 0.4) is 0 Å². The molecule has 0 saturated carbocycles. The summed E-state index contributed by atoms with van der Waals surface area (Å²) in [5.74, 6) is -0.346. The Balaban J connectivity index is 1.81. The number of benzene rings is 1. The molecule has 1 aromatic heterocycles. The molecule has 1 aromatic carbocycles. The lowest BCUT2D eigenvalue weighted by Gasteiger charge is -2.34. The van der Waals surface area contributed by atoms with E-state index in [0.29, 0.717) is 25.5 Å². The van der Waals surface area contributed by atoms with E-state index in [0.717, 1.165) is 10.0 Å². The van der Waals surface area contributed by atoms with Crippen LogP contribution >= 0.6 is 15.9 Å². The lowest BCUT2D eigenvalue weighted by atomic mass is 10.1. The van der Waals surface area contributed by atoms with Gasteiger partial charge in [0, 0.05) is 17.6 Å². The SMILES string of the molecule is O=C(O)c1cccc(N2CCOC(c3cccc(Br)c3)C2)n1. The molecular weight excluding hydrogens is 348 g/mol. The zero-order valence-corrected chi connectivity index (χ0v) is 13.4. The number of nitrogens with zero attached hydrogens (tertiary/aromatic N) is 2. The average molecular weight is 363 g/mol. The van der Waals surface area contributed by atoms with Crippen molar-refractivity contribution in [3.05, 3.63) is 58.2 Å². The van der Waals surface area contributed by atoms with E-state index >= 15 is 0 Å². The summed E-state index contributed by atoms with van der Waals surface area (Å²) in [5, 5.41) is 9.06. The third-order valence-corrected chi connectivity index (χ3v) is 4.06. The number of morpholine rings is 1. The number of ether oxygens (including phenoxy) is 1. The quantitative estimate of drug-likeness (QED) is 0.908. The number of carbonyl (C=O) groups is 1. The van der Waals surface area contributed by atoms with E-state index in [9.17, 15) is 4.79 Å². The third kappa shape index (κ3) is 3.28. The van der Waals surface area contributed by atoms with Gasteiger partial charge in [0.25, 0.3) is 0 Å². The zero-order chi connectivity index (χ0) is 15.5. The van der Waals surface area contributed by atoms with Crippen LogP contribution < -0.4 is 4.90 Å². The third-order valence-electron chi connectivity index (χ3n) is 3.56. The Morgan fingerprint density at radius 2 is 2.14 bits per heavy atom. The molecule has 2 heterocycles. The van der Waals surface area contributed by atoms with Crippen LogP contribution in [0.4, 0.5) is 5.82 Å². The fourth-order valence-electron chi connectivity index (χ4n) is 2.48.